The number of hydrogen-bond acceptors (Lipinski definition) is 6. The van der Waals surface area contributed by atoms with Crippen molar-refractivity contribution in [1.82, 2.24) is 19.3 Å². The van der Waals surface area contributed by atoms with Crippen LogP contribution in [0.1, 0.15) is 36.5 Å². The summed E-state index contributed by atoms with van der Waals surface area (Å²) >= 11 is 0. The number of nitrogens with one attached hydrogen (secondary N) is 1. The summed E-state index contributed by atoms with van der Waals surface area (Å²) in [6, 6.07) is 5.44. The molecule has 0 spiro atoms. The van der Waals surface area contributed by atoms with Gasteiger partial charge in [0, 0.05) is 18.8 Å². The zero-order chi connectivity index (χ0) is 17.3. The smallest absolute Gasteiger partial charge is 0.214 e. The van der Waals surface area contributed by atoms with Crippen molar-refractivity contribution < 1.29 is 8.42 Å². The van der Waals surface area contributed by atoms with Gasteiger partial charge in [0.1, 0.15) is 17.5 Å². The zero-order valence-electron chi connectivity index (χ0n) is 14.0. The monoisotopic (exact) mass is 347 g/mol. The van der Waals surface area contributed by atoms with Crippen molar-refractivity contribution >= 4 is 21.7 Å². The molecule has 0 aromatic carbocycles. The van der Waals surface area contributed by atoms with Crippen LogP contribution in [0.2, 0.25) is 0 Å². The number of sulfonamides is 1. The first kappa shape index (κ1) is 16.8. The first-order chi connectivity index (χ1) is 11.4. The number of anilines is 2. The molecule has 128 valence electrons. The molecule has 1 N–H and O–H groups in total. The summed E-state index contributed by atoms with van der Waals surface area (Å²) in [4.78, 5) is 13.1. The largest absolute Gasteiger partial charge is 0.325 e. The summed E-state index contributed by atoms with van der Waals surface area (Å²) in [7, 11) is -3.21. The average molecular weight is 347 g/mol. The van der Waals surface area contributed by atoms with Crippen molar-refractivity contribution in [2.45, 2.75) is 33.2 Å². The number of aryl methyl sites for hydroxylation is 2. The highest BCUT2D eigenvalue weighted by molar-refractivity contribution is 7.89. The summed E-state index contributed by atoms with van der Waals surface area (Å²) in [6.45, 7) is 5.97. The highest BCUT2D eigenvalue weighted by atomic mass is 32.2. The molecule has 1 atom stereocenters. The molecule has 1 fully saturated rings. The van der Waals surface area contributed by atoms with Crippen LogP contribution in [0, 0.1) is 13.8 Å². The lowest BCUT2D eigenvalue weighted by molar-refractivity contribution is 0.197. The maximum absolute atomic E-state index is 12.1. The summed E-state index contributed by atoms with van der Waals surface area (Å²) in [5, 5.41) is 3.19. The van der Waals surface area contributed by atoms with Crippen LogP contribution in [-0.4, -0.2) is 40.0 Å². The van der Waals surface area contributed by atoms with E-state index in [-0.39, 0.29) is 11.8 Å². The van der Waals surface area contributed by atoms with Gasteiger partial charge in [-0.05, 0) is 38.8 Å². The molecule has 1 saturated heterocycles. The average Bonchev–Trinajstić information content (AvgIpc) is 2.47. The van der Waals surface area contributed by atoms with E-state index in [0.29, 0.717) is 18.2 Å². The Balaban J connectivity index is 1.89. The minimum Gasteiger partial charge on any atom is -0.325 e. The van der Waals surface area contributed by atoms with E-state index in [9.17, 15) is 8.42 Å². The molecule has 0 unspecified atom stereocenters. The van der Waals surface area contributed by atoms with E-state index in [0.717, 1.165) is 23.5 Å². The molecular weight excluding hydrogens is 326 g/mol. The van der Waals surface area contributed by atoms with E-state index in [1.807, 2.05) is 25.1 Å². The first-order valence-corrected chi connectivity index (χ1v) is 9.55. The first-order valence-electron chi connectivity index (χ1n) is 7.94. The van der Waals surface area contributed by atoms with Gasteiger partial charge in [-0.2, -0.15) is 4.31 Å². The molecule has 3 heterocycles. The fraction of sp³-hybridized carbons (Fsp3) is 0.438. The van der Waals surface area contributed by atoms with E-state index in [1.165, 1.54) is 4.31 Å². The minimum atomic E-state index is -3.21. The molecule has 3 rings (SSSR count). The van der Waals surface area contributed by atoms with Crippen molar-refractivity contribution in [2.75, 3.05) is 17.6 Å². The van der Waals surface area contributed by atoms with Gasteiger partial charge in [-0.1, -0.05) is 6.07 Å². The third-order valence-electron chi connectivity index (χ3n) is 4.15. The molecule has 2 aromatic heterocycles. The Morgan fingerprint density at radius 2 is 2.12 bits per heavy atom. The van der Waals surface area contributed by atoms with Gasteiger partial charge >= 0.3 is 0 Å². The highest BCUT2D eigenvalue weighted by Gasteiger charge is 2.38. The van der Waals surface area contributed by atoms with Gasteiger partial charge in [0.15, 0.2) is 0 Å². The molecule has 0 amide bonds. The molecule has 1 aliphatic heterocycles. The normalized spacial score (nSPS) is 18.2. The van der Waals surface area contributed by atoms with E-state index < -0.39 is 10.0 Å². The molecule has 1 aliphatic rings. The van der Waals surface area contributed by atoms with Crippen LogP contribution in [0.15, 0.2) is 24.4 Å². The van der Waals surface area contributed by atoms with Crippen molar-refractivity contribution in [3.8, 4) is 0 Å². The Hall–Kier alpha value is -2.06. The fourth-order valence-corrected chi connectivity index (χ4v) is 4.04. The Morgan fingerprint density at radius 3 is 2.75 bits per heavy atom. The summed E-state index contributed by atoms with van der Waals surface area (Å²) in [6.07, 6.45) is 2.49. The number of hydrogen-bond donors (Lipinski definition) is 1. The van der Waals surface area contributed by atoms with Gasteiger partial charge in [-0.15, -0.1) is 0 Å². The number of pyridine rings is 1. The molecule has 7 nitrogen and oxygen atoms in total. The maximum atomic E-state index is 12.1. The quantitative estimate of drug-likeness (QED) is 0.893. The van der Waals surface area contributed by atoms with Gasteiger partial charge in [0.05, 0.1) is 17.5 Å². The van der Waals surface area contributed by atoms with Crippen LogP contribution < -0.4 is 5.32 Å². The molecule has 0 radical (unpaired) electrons. The third-order valence-corrected chi connectivity index (χ3v) is 6.03. The van der Waals surface area contributed by atoms with E-state index in [4.69, 9.17) is 0 Å². The lowest BCUT2D eigenvalue weighted by atomic mass is 10.0. The van der Waals surface area contributed by atoms with Crippen molar-refractivity contribution in [1.29, 1.82) is 0 Å². The molecule has 2 aromatic rings. The molecule has 0 aliphatic carbocycles. The van der Waals surface area contributed by atoms with Crippen LogP contribution in [0.25, 0.3) is 0 Å². The lowest BCUT2D eigenvalue weighted by Crippen LogP contribution is -2.46. The van der Waals surface area contributed by atoms with Gasteiger partial charge in [-0.3, -0.25) is 0 Å². The topological polar surface area (TPSA) is 88.1 Å². The molecule has 8 heteroatoms. The number of nitrogens with zero attached hydrogens (tertiary/aromatic N) is 4. The minimum absolute atomic E-state index is 0.103. The zero-order valence-corrected chi connectivity index (χ0v) is 14.8. The highest BCUT2D eigenvalue weighted by Crippen LogP contribution is 2.35. The maximum Gasteiger partial charge on any atom is 0.214 e. The van der Waals surface area contributed by atoms with Crippen molar-refractivity contribution in [2.24, 2.45) is 0 Å². The summed E-state index contributed by atoms with van der Waals surface area (Å²) in [5.74, 6) is 2.06. The Bertz CT molecular complexity index is 853. The molecular formula is C16H21N5O2S. The van der Waals surface area contributed by atoms with E-state index in [1.54, 1.807) is 20.0 Å². The standard InChI is InChI=1S/C16H21N5O2S/c1-4-24(22,23)21-9-7-14(21)13-10-15(19-12(3)18-13)20-16-11(2)6-5-8-17-16/h5-6,8,10,14H,4,7,9H2,1-3H3,(H,17,18,19,20)/t14-/m1/s1. The SMILES string of the molecule is CCS(=O)(=O)N1CC[C@@H]1c1cc(Nc2ncccc2C)nc(C)n1. The second-order valence-electron chi connectivity index (χ2n) is 5.83. The van der Waals surface area contributed by atoms with Crippen LogP contribution in [0.5, 0.6) is 0 Å². The number of rotatable bonds is 5. The second-order valence-corrected chi connectivity index (χ2v) is 8.05. The van der Waals surface area contributed by atoms with Crippen molar-refractivity contribution in [3.05, 3.63) is 41.5 Å². The van der Waals surface area contributed by atoms with E-state index in [2.05, 4.69) is 20.3 Å². The summed E-state index contributed by atoms with van der Waals surface area (Å²) in [5.41, 5.74) is 1.73. The van der Waals surface area contributed by atoms with Crippen LogP contribution in [0.3, 0.4) is 0 Å². The van der Waals surface area contributed by atoms with Gasteiger partial charge in [0.2, 0.25) is 10.0 Å². The summed E-state index contributed by atoms with van der Waals surface area (Å²) < 4.78 is 25.8. The van der Waals surface area contributed by atoms with E-state index >= 15 is 0 Å². The predicted octanol–water partition coefficient (Wildman–Crippen LogP) is 2.33. The van der Waals surface area contributed by atoms with Gasteiger partial charge in [0.25, 0.3) is 0 Å². The van der Waals surface area contributed by atoms with Crippen molar-refractivity contribution in [3.63, 3.8) is 0 Å². The second kappa shape index (κ2) is 6.45. The van der Waals surface area contributed by atoms with Gasteiger partial charge < -0.3 is 5.32 Å². The van der Waals surface area contributed by atoms with Crippen LogP contribution in [-0.2, 0) is 10.0 Å². The Morgan fingerprint density at radius 1 is 1.33 bits per heavy atom. The van der Waals surface area contributed by atoms with Crippen LogP contribution >= 0.6 is 0 Å². The van der Waals surface area contributed by atoms with Gasteiger partial charge in [-0.25, -0.2) is 23.4 Å². The number of aromatic nitrogens is 3. The predicted molar refractivity (Wildman–Crippen MR) is 92.6 cm³/mol. The third kappa shape index (κ3) is 3.25. The van der Waals surface area contributed by atoms with Crippen LogP contribution in [0.4, 0.5) is 11.6 Å². The fourth-order valence-electron chi connectivity index (χ4n) is 2.72. The molecule has 0 bridgehead atoms. The Labute approximate surface area is 142 Å². The lowest BCUT2D eigenvalue weighted by Gasteiger charge is -2.39. The Kier molecular flexibility index (Phi) is 4.51. The molecule has 24 heavy (non-hydrogen) atoms. The molecule has 0 saturated carbocycles.